The molecule has 0 fully saturated rings. The molecule has 0 rings (SSSR count). The van der Waals surface area contributed by atoms with Crippen LogP contribution in [0, 0.1) is 5.41 Å². The Morgan fingerprint density at radius 3 is 2.18 bits per heavy atom. The molecule has 0 aliphatic heterocycles. The predicted molar refractivity (Wildman–Crippen MR) is 60.3 cm³/mol. The number of rotatable bonds is 5. The zero-order chi connectivity index (χ0) is 13.6. The van der Waals surface area contributed by atoms with E-state index in [1.54, 1.807) is 20.8 Å². The molecule has 6 heteroatoms. The second-order valence-electron chi connectivity index (χ2n) is 4.73. The van der Waals surface area contributed by atoms with Crippen LogP contribution in [0.4, 0.5) is 0 Å². The fourth-order valence-corrected chi connectivity index (χ4v) is 1.03. The van der Waals surface area contributed by atoms with Gasteiger partial charge in [0, 0.05) is 11.8 Å². The van der Waals surface area contributed by atoms with E-state index >= 15 is 0 Å². The van der Waals surface area contributed by atoms with Crippen molar-refractivity contribution in [2.75, 3.05) is 7.11 Å². The molecule has 0 aromatic carbocycles. The number of nitrogens with one attached hydrogen (secondary N) is 1. The van der Waals surface area contributed by atoms with Crippen molar-refractivity contribution < 1.29 is 24.2 Å². The minimum absolute atomic E-state index is 0.0177. The Morgan fingerprint density at radius 2 is 1.82 bits per heavy atom. The van der Waals surface area contributed by atoms with Gasteiger partial charge >= 0.3 is 11.9 Å². The predicted octanol–water partition coefficient (Wildman–Crippen LogP) is 0.555. The summed E-state index contributed by atoms with van der Waals surface area (Å²) in [4.78, 5) is 33.5. The van der Waals surface area contributed by atoms with Crippen LogP contribution in [0.25, 0.3) is 0 Å². The summed E-state index contributed by atoms with van der Waals surface area (Å²) in [5.74, 6) is -1.98. The van der Waals surface area contributed by atoms with Crippen LogP contribution < -0.4 is 5.32 Å². The molecule has 17 heavy (non-hydrogen) atoms. The Bertz CT molecular complexity index is 305. The number of carbonyl (C=O) groups excluding carboxylic acids is 2. The van der Waals surface area contributed by atoms with E-state index in [0.29, 0.717) is 0 Å². The minimum Gasteiger partial charge on any atom is -0.481 e. The average molecular weight is 245 g/mol. The third-order valence-corrected chi connectivity index (χ3v) is 2.12. The summed E-state index contributed by atoms with van der Waals surface area (Å²) in [5.41, 5.74) is -0.643. The molecule has 0 radical (unpaired) electrons. The molecule has 0 saturated heterocycles. The standard InChI is InChI=1S/C11H19NO5/c1-11(2,3)10(16)12-7(9(15)17-4)5-6-8(13)14/h7H,5-6H2,1-4H3,(H,12,16)(H,13,14)/t7-/m1/s1. The maximum atomic E-state index is 11.7. The zero-order valence-electron chi connectivity index (χ0n) is 10.6. The average Bonchev–Trinajstić information content (AvgIpc) is 2.20. The normalized spacial score (nSPS) is 12.7. The summed E-state index contributed by atoms with van der Waals surface area (Å²) in [6, 6.07) is -0.914. The summed E-state index contributed by atoms with van der Waals surface area (Å²) in [6.07, 6.45) is -0.186. The fourth-order valence-electron chi connectivity index (χ4n) is 1.03. The maximum Gasteiger partial charge on any atom is 0.328 e. The SMILES string of the molecule is COC(=O)[C@@H](CCC(=O)O)NC(=O)C(C)(C)C. The summed E-state index contributed by atoms with van der Waals surface area (Å²) < 4.78 is 4.51. The summed E-state index contributed by atoms with van der Waals surface area (Å²) in [7, 11) is 1.19. The van der Waals surface area contributed by atoms with E-state index in [1.807, 2.05) is 0 Å². The molecule has 98 valence electrons. The second-order valence-corrected chi connectivity index (χ2v) is 4.73. The summed E-state index contributed by atoms with van der Waals surface area (Å²) in [6.45, 7) is 5.11. The van der Waals surface area contributed by atoms with Crippen molar-refractivity contribution in [3.05, 3.63) is 0 Å². The summed E-state index contributed by atoms with van der Waals surface area (Å²) in [5, 5.41) is 11.0. The number of ether oxygens (including phenoxy) is 1. The van der Waals surface area contributed by atoms with Gasteiger partial charge in [-0.3, -0.25) is 9.59 Å². The smallest absolute Gasteiger partial charge is 0.328 e. The van der Waals surface area contributed by atoms with Crippen molar-refractivity contribution >= 4 is 17.8 Å². The number of methoxy groups -OCH3 is 1. The molecule has 6 nitrogen and oxygen atoms in total. The molecule has 0 aliphatic carbocycles. The van der Waals surface area contributed by atoms with Crippen molar-refractivity contribution in [3.8, 4) is 0 Å². The largest absolute Gasteiger partial charge is 0.481 e. The van der Waals surface area contributed by atoms with Gasteiger partial charge in [0.05, 0.1) is 7.11 Å². The number of hydrogen-bond acceptors (Lipinski definition) is 4. The van der Waals surface area contributed by atoms with E-state index in [0.717, 1.165) is 0 Å². The lowest BCUT2D eigenvalue weighted by molar-refractivity contribution is -0.147. The van der Waals surface area contributed by atoms with E-state index in [1.165, 1.54) is 7.11 Å². The Balaban J connectivity index is 4.55. The van der Waals surface area contributed by atoms with Crippen LogP contribution in [0.1, 0.15) is 33.6 Å². The van der Waals surface area contributed by atoms with E-state index in [2.05, 4.69) is 10.1 Å². The van der Waals surface area contributed by atoms with Crippen LogP contribution in [0.5, 0.6) is 0 Å². The lowest BCUT2D eigenvalue weighted by atomic mass is 9.95. The number of esters is 1. The lowest BCUT2D eigenvalue weighted by Gasteiger charge is -2.22. The van der Waals surface area contributed by atoms with Gasteiger partial charge in [-0.25, -0.2) is 4.79 Å². The maximum absolute atomic E-state index is 11.7. The Labute approximate surface area is 100 Å². The van der Waals surface area contributed by atoms with Gasteiger partial charge in [-0.05, 0) is 6.42 Å². The topological polar surface area (TPSA) is 92.7 Å². The van der Waals surface area contributed by atoms with E-state index < -0.39 is 23.4 Å². The second kappa shape index (κ2) is 6.22. The number of carbonyl (C=O) groups is 3. The highest BCUT2D eigenvalue weighted by atomic mass is 16.5. The molecular formula is C11H19NO5. The van der Waals surface area contributed by atoms with Gasteiger partial charge in [0.1, 0.15) is 6.04 Å². The minimum atomic E-state index is -1.02. The molecule has 1 atom stereocenters. The molecule has 0 unspecified atom stereocenters. The first-order valence-electron chi connectivity index (χ1n) is 5.29. The molecule has 0 heterocycles. The van der Waals surface area contributed by atoms with E-state index in [9.17, 15) is 14.4 Å². The van der Waals surface area contributed by atoms with Crippen LogP contribution in [0.15, 0.2) is 0 Å². The molecule has 0 saturated carbocycles. The Kier molecular flexibility index (Phi) is 5.64. The zero-order valence-corrected chi connectivity index (χ0v) is 10.6. The van der Waals surface area contributed by atoms with Crippen LogP contribution in [0.2, 0.25) is 0 Å². The van der Waals surface area contributed by atoms with Crippen molar-refractivity contribution in [2.45, 2.75) is 39.7 Å². The summed E-state index contributed by atoms with van der Waals surface area (Å²) >= 11 is 0. The van der Waals surface area contributed by atoms with Crippen molar-refractivity contribution in [1.29, 1.82) is 0 Å². The monoisotopic (exact) mass is 245 g/mol. The molecule has 1 amide bonds. The molecule has 0 aromatic heterocycles. The van der Waals surface area contributed by atoms with Gasteiger partial charge in [0.15, 0.2) is 0 Å². The van der Waals surface area contributed by atoms with Crippen molar-refractivity contribution in [2.24, 2.45) is 5.41 Å². The van der Waals surface area contributed by atoms with Gasteiger partial charge in [0.25, 0.3) is 0 Å². The van der Waals surface area contributed by atoms with E-state index in [4.69, 9.17) is 5.11 Å². The number of amides is 1. The molecule has 0 spiro atoms. The molecule has 0 aliphatic rings. The van der Waals surface area contributed by atoms with Gasteiger partial charge < -0.3 is 15.2 Å². The van der Waals surface area contributed by atoms with Gasteiger partial charge in [-0.2, -0.15) is 0 Å². The first kappa shape index (κ1) is 15.4. The highest BCUT2D eigenvalue weighted by molar-refractivity contribution is 5.87. The molecular weight excluding hydrogens is 226 g/mol. The molecule has 2 N–H and O–H groups in total. The van der Waals surface area contributed by atoms with Crippen LogP contribution in [0.3, 0.4) is 0 Å². The van der Waals surface area contributed by atoms with Gasteiger partial charge in [-0.1, -0.05) is 20.8 Å². The van der Waals surface area contributed by atoms with Crippen molar-refractivity contribution in [1.82, 2.24) is 5.32 Å². The molecule has 0 bridgehead atoms. The number of carboxylic acid groups (broad SMARTS) is 1. The molecule has 0 aromatic rings. The highest BCUT2D eigenvalue weighted by Gasteiger charge is 2.28. The van der Waals surface area contributed by atoms with Gasteiger partial charge in [-0.15, -0.1) is 0 Å². The third kappa shape index (κ3) is 5.89. The van der Waals surface area contributed by atoms with Crippen LogP contribution in [-0.2, 0) is 19.1 Å². The third-order valence-electron chi connectivity index (χ3n) is 2.12. The van der Waals surface area contributed by atoms with Crippen molar-refractivity contribution in [3.63, 3.8) is 0 Å². The quantitative estimate of drug-likeness (QED) is 0.690. The Morgan fingerprint density at radius 1 is 1.29 bits per heavy atom. The van der Waals surface area contributed by atoms with Gasteiger partial charge in [0.2, 0.25) is 5.91 Å². The fraction of sp³-hybridized carbons (Fsp3) is 0.727. The van der Waals surface area contributed by atoms with E-state index in [-0.39, 0.29) is 18.7 Å². The van der Waals surface area contributed by atoms with Crippen LogP contribution >= 0.6 is 0 Å². The number of carboxylic acids is 1. The Hall–Kier alpha value is -1.59. The number of hydrogen-bond donors (Lipinski definition) is 2. The highest BCUT2D eigenvalue weighted by Crippen LogP contribution is 2.14. The number of aliphatic carboxylic acids is 1. The lowest BCUT2D eigenvalue weighted by Crippen LogP contribution is -2.46. The first-order valence-corrected chi connectivity index (χ1v) is 5.29. The van der Waals surface area contributed by atoms with Crippen LogP contribution in [-0.4, -0.2) is 36.1 Å². The first-order chi connectivity index (χ1) is 7.68.